The highest BCUT2D eigenvalue weighted by Gasteiger charge is 2.21. The maximum Gasteiger partial charge on any atom is 0.338 e. The molecular formula is C15H11FN2O4S. The summed E-state index contributed by atoms with van der Waals surface area (Å²) >= 11 is 0. The third kappa shape index (κ3) is 3.46. The molecule has 0 aliphatic rings. The van der Waals surface area contributed by atoms with Crippen LogP contribution in [-0.4, -0.2) is 19.5 Å². The molecule has 6 nitrogen and oxygen atoms in total. The average Bonchev–Trinajstić information content (AvgIpc) is 2.49. The van der Waals surface area contributed by atoms with Gasteiger partial charge in [0.05, 0.1) is 28.6 Å². The molecule has 0 bridgehead atoms. The predicted octanol–water partition coefficient (Wildman–Crippen LogP) is 2.39. The van der Waals surface area contributed by atoms with Crippen LogP contribution < -0.4 is 4.72 Å². The molecule has 0 unspecified atom stereocenters. The molecule has 0 amide bonds. The number of anilines is 1. The van der Waals surface area contributed by atoms with E-state index < -0.39 is 33.1 Å². The van der Waals surface area contributed by atoms with Crippen molar-refractivity contribution in [1.29, 1.82) is 5.26 Å². The van der Waals surface area contributed by atoms with E-state index >= 15 is 0 Å². The van der Waals surface area contributed by atoms with Gasteiger partial charge in [0.25, 0.3) is 10.0 Å². The van der Waals surface area contributed by atoms with Crippen LogP contribution in [0.1, 0.15) is 15.9 Å². The van der Waals surface area contributed by atoms with Gasteiger partial charge in [0.1, 0.15) is 0 Å². The second kappa shape index (κ2) is 6.46. The zero-order valence-electron chi connectivity index (χ0n) is 11.7. The van der Waals surface area contributed by atoms with E-state index in [4.69, 9.17) is 10.4 Å². The van der Waals surface area contributed by atoms with Crippen molar-refractivity contribution in [3.8, 4) is 6.07 Å². The molecule has 2 rings (SSSR count). The van der Waals surface area contributed by atoms with Gasteiger partial charge >= 0.3 is 5.97 Å². The van der Waals surface area contributed by atoms with E-state index in [9.17, 15) is 17.6 Å². The molecule has 2 N–H and O–H groups in total. The van der Waals surface area contributed by atoms with Crippen molar-refractivity contribution >= 4 is 21.7 Å². The Hall–Kier alpha value is -2.92. The minimum atomic E-state index is -4.17. The molecule has 23 heavy (non-hydrogen) atoms. The molecule has 0 aromatic heterocycles. The molecule has 2 aromatic carbocycles. The molecule has 0 spiro atoms. The molecule has 0 aliphatic carbocycles. The smallest absolute Gasteiger partial charge is 0.338 e. The molecule has 0 saturated carbocycles. The van der Waals surface area contributed by atoms with Gasteiger partial charge in [-0.1, -0.05) is 24.3 Å². The van der Waals surface area contributed by atoms with Crippen molar-refractivity contribution in [2.45, 2.75) is 11.3 Å². The van der Waals surface area contributed by atoms with Crippen LogP contribution in [-0.2, 0) is 16.4 Å². The molecule has 0 saturated heterocycles. The van der Waals surface area contributed by atoms with E-state index in [1.807, 2.05) is 10.8 Å². The van der Waals surface area contributed by atoms with Crippen LogP contribution in [0.2, 0.25) is 0 Å². The number of carboxylic acids is 1. The summed E-state index contributed by atoms with van der Waals surface area (Å²) in [6, 6.07) is 11.0. The van der Waals surface area contributed by atoms with Gasteiger partial charge in [-0.05, 0) is 23.8 Å². The average molecular weight is 334 g/mol. The number of hydrogen-bond donors (Lipinski definition) is 2. The SMILES string of the molecule is N#CCc1ccccc1S(=O)(=O)Nc1cccc(C(=O)O)c1F. The number of hydrogen-bond acceptors (Lipinski definition) is 4. The first-order valence-corrected chi connectivity index (χ1v) is 7.84. The summed E-state index contributed by atoms with van der Waals surface area (Å²) in [6.07, 6.45) is -0.130. The Kier molecular flexibility index (Phi) is 4.62. The van der Waals surface area contributed by atoms with Gasteiger partial charge in [-0.15, -0.1) is 0 Å². The fourth-order valence-corrected chi connectivity index (χ4v) is 3.27. The molecule has 0 atom stereocenters. The van der Waals surface area contributed by atoms with Gasteiger partial charge in [-0.25, -0.2) is 17.6 Å². The van der Waals surface area contributed by atoms with Crippen molar-refractivity contribution < 1.29 is 22.7 Å². The van der Waals surface area contributed by atoms with E-state index in [-0.39, 0.29) is 16.9 Å². The Morgan fingerprint density at radius 1 is 1.22 bits per heavy atom. The Labute approximate surface area is 131 Å². The standard InChI is InChI=1S/C15H11FN2O4S/c16-14-11(15(19)20)5-3-6-12(14)18-23(21,22)13-7-2-1-4-10(13)8-9-17/h1-7,18H,8H2,(H,19,20). The number of rotatable bonds is 5. The first kappa shape index (κ1) is 16.5. The van der Waals surface area contributed by atoms with Crippen LogP contribution in [0, 0.1) is 17.1 Å². The fourth-order valence-electron chi connectivity index (χ4n) is 1.97. The number of aromatic carboxylic acids is 1. The molecular weight excluding hydrogens is 323 g/mol. The van der Waals surface area contributed by atoms with E-state index in [0.717, 1.165) is 12.1 Å². The van der Waals surface area contributed by atoms with Crippen LogP contribution >= 0.6 is 0 Å². The van der Waals surface area contributed by atoms with Crippen LogP contribution in [0.15, 0.2) is 47.4 Å². The summed E-state index contributed by atoms with van der Waals surface area (Å²) in [5.41, 5.74) is -0.857. The maximum absolute atomic E-state index is 14.1. The first-order valence-electron chi connectivity index (χ1n) is 6.36. The Bertz CT molecular complexity index is 904. The lowest BCUT2D eigenvalue weighted by Crippen LogP contribution is -2.16. The van der Waals surface area contributed by atoms with Gasteiger partial charge in [-0.3, -0.25) is 4.72 Å². The Balaban J connectivity index is 2.46. The normalized spacial score (nSPS) is 10.8. The van der Waals surface area contributed by atoms with E-state index in [2.05, 4.69) is 0 Å². The third-order valence-corrected chi connectivity index (χ3v) is 4.47. The zero-order valence-corrected chi connectivity index (χ0v) is 12.5. The van der Waals surface area contributed by atoms with Gasteiger partial charge in [-0.2, -0.15) is 5.26 Å². The number of nitrogens with zero attached hydrogens (tertiary/aromatic N) is 1. The number of benzene rings is 2. The highest BCUT2D eigenvalue weighted by molar-refractivity contribution is 7.92. The molecule has 118 valence electrons. The molecule has 8 heteroatoms. The number of nitrogens with one attached hydrogen (secondary N) is 1. The molecule has 0 radical (unpaired) electrons. The number of sulfonamides is 1. The third-order valence-electron chi connectivity index (χ3n) is 3.01. The number of halogens is 1. The van der Waals surface area contributed by atoms with Crippen LogP contribution in [0.5, 0.6) is 0 Å². The quantitative estimate of drug-likeness (QED) is 0.873. The van der Waals surface area contributed by atoms with Gasteiger partial charge in [0.2, 0.25) is 0 Å². The molecule has 0 aliphatic heterocycles. The van der Waals surface area contributed by atoms with Crippen molar-refractivity contribution in [3.05, 3.63) is 59.4 Å². The maximum atomic E-state index is 14.1. The fraction of sp³-hybridized carbons (Fsp3) is 0.0667. The largest absolute Gasteiger partial charge is 0.478 e. The highest BCUT2D eigenvalue weighted by Crippen LogP contribution is 2.23. The van der Waals surface area contributed by atoms with Crippen molar-refractivity contribution in [2.75, 3.05) is 4.72 Å². The van der Waals surface area contributed by atoms with E-state index in [0.29, 0.717) is 0 Å². The van der Waals surface area contributed by atoms with Crippen LogP contribution in [0.3, 0.4) is 0 Å². The van der Waals surface area contributed by atoms with E-state index in [1.54, 1.807) is 6.07 Å². The second-order valence-corrected chi connectivity index (χ2v) is 6.17. The van der Waals surface area contributed by atoms with Crippen molar-refractivity contribution in [1.82, 2.24) is 0 Å². The van der Waals surface area contributed by atoms with Crippen LogP contribution in [0.4, 0.5) is 10.1 Å². The Morgan fingerprint density at radius 3 is 2.57 bits per heavy atom. The molecule has 0 fully saturated rings. The number of carbonyl (C=O) groups is 1. The summed E-state index contributed by atoms with van der Waals surface area (Å²) in [5.74, 6) is -2.69. The molecule has 2 aromatic rings. The lowest BCUT2D eigenvalue weighted by atomic mass is 10.2. The van der Waals surface area contributed by atoms with Crippen LogP contribution in [0.25, 0.3) is 0 Å². The monoisotopic (exact) mass is 334 g/mol. The molecule has 0 heterocycles. The first-order chi connectivity index (χ1) is 10.9. The minimum absolute atomic E-state index is 0.130. The Morgan fingerprint density at radius 2 is 1.91 bits per heavy atom. The van der Waals surface area contributed by atoms with Gasteiger partial charge in [0, 0.05) is 0 Å². The summed E-state index contributed by atoms with van der Waals surface area (Å²) < 4.78 is 40.9. The van der Waals surface area contributed by atoms with Crippen molar-refractivity contribution in [2.24, 2.45) is 0 Å². The summed E-state index contributed by atoms with van der Waals surface area (Å²) in [5, 5.41) is 17.6. The van der Waals surface area contributed by atoms with Gasteiger partial charge in [0.15, 0.2) is 5.82 Å². The van der Waals surface area contributed by atoms with Crippen molar-refractivity contribution in [3.63, 3.8) is 0 Å². The topological polar surface area (TPSA) is 107 Å². The summed E-state index contributed by atoms with van der Waals surface area (Å²) in [4.78, 5) is 10.7. The zero-order chi connectivity index (χ0) is 17.0. The number of carboxylic acid groups (broad SMARTS) is 1. The van der Waals surface area contributed by atoms with E-state index in [1.165, 1.54) is 24.3 Å². The highest BCUT2D eigenvalue weighted by atomic mass is 32.2. The lowest BCUT2D eigenvalue weighted by molar-refractivity contribution is 0.0692. The predicted molar refractivity (Wildman–Crippen MR) is 79.9 cm³/mol. The lowest BCUT2D eigenvalue weighted by Gasteiger charge is -2.12. The number of nitriles is 1. The minimum Gasteiger partial charge on any atom is -0.478 e. The van der Waals surface area contributed by atoms with Gasteiger partial charge < -0.3 is 5.11 Å². The second-order valence-electron chi connectivity index (χ2n) is 4.52. The summed E-state index contributed by atoms with van der Waals surface area (Å²) in [7, 11) is -4.17. The summed E-state index contributed by atoms with van der Waals surface area (Å²) in [6.45, 7) is 0.